The summed E-state index contributed by atoms with van der Waals surface area (Å²) >= 11 is 0. The van der Waals surface area contributed by atoms with Crippen LogP contribution >= 0.6 is 0 Å². The summed E-state index contributed by atoms with van der Waals surface area (Å²) in [7, 11) is 0. The molecule has 1 fully saturated rings. The third-order valence-corrected chi connectivity index (χ3v) is 3.54. The van der Waals surface area contributed by atoms with Crippen LogP contribution in [0.3, 0.4) is 0 Å². The zero-order chi connectivity index (χ0) is 11.4. The fourth-order valence-electron chi connectivity index (χ4n) is 2.62. The summed E-state index contributed by atoms with van der Waals surface area (Å²) < 4.78 is 2.34. The van der Waals surface area contributed by atoms with Gasteiger partial charge in [-0.25, -0.2) is 4.98 Å². The third-order valence-electron chi connectivity index (χ3n) is 3.54. The van der Waals surface area contributed by atoms with Crippen LogP contribution in [0.5, 0.6) is 0 Å². The summed E-state index contributed by atoms with van der Waals surface area (Å²) in [6, 6.07) is 0. The van der Waals surface area contributed by atoms with Crippen LogP contribution in [0.1, 0.15) is 38.8 Å². The van der Waals surface area contributed by atoms with E-state index in [4.69, 9.17) is 0 Å². The number of nitrogens with zero attached hydrogens (tertiary/aromatic N) is 2. The molecular weight excluding hydrogens is 198 g/mol. The first kappa shape index (κ1) is 11.6. The molecule has 0 radical (unpaired) electrons. The first-order valence-electron chi connectivity index (χ1n) is 6.43. The quantitative estimate of drug-likeness (QED) is 0.845. The Morgan fingerprint density at radius 1 is 1.56 bits per heavy atom. The summed E-state index contributed by atoms with van der Waals surface area (Å²) in [5.41, 5.74) is 1.79. The van der Waals surface area contributed by atoms with Crippen LogP contribution < -0.4 is 5.32 Å². The molecule has 1 aliphatic heterocycles. The Labute approximate surface area is 98.3 Å². The lowest BCUT2D eigenvalue weighted by molar-refractivity contribution is 0.199. The fourth-order valence-corrected chi connectivity index (χ4v) is 2.62. The highest BCUT2D eigenvalue weighted by molar-refractivity contribution is 5.00. The van der Waals surface area contributed by atoms with Gasteiger partial charge >= 0.3 is 0 Å². The van der Waals surface area contributed by atoms with Gasteiger partial charge in [-0.1, -0.05) is 20.3 Å². The summed E-state index contributed by atoms with van der Waals surface area (Å²) in [4.78, 5) is 4.28. The van der Waals surface area contributed by atoms with Gasteiger partial charge in [-0.05, 0) is 31.2 Å². The second-order valence-electron chi connectivity index (χ2n) is 5.35. The fraction of sp³-hybridized carbons (Fsp3) is 0.769. The number of piperidine rings is 1. The summed E-state index contributed by atoms with van der Waals surface area (Å²) in [5.74, 6) is 0. The van der Waals surface area contributed by atoms with E-state index in [1.165, 1.54) is 31.5 Å². The molecule has 0 saturated carbocycles. The Bertz CT molecular complexity index is 324. The standard InChI is InChI=1S/C13H23N3/c1-3-5-12-8-15-11-16(12)10-13(2)6-4-7-14-9-13/h8,11,14H,3-7,9-10H2,1-2H3. The van der Waals surface area contributed by atoms with Crippen LogP contribution in [-0.4, -0.2) is 22.6 Å². The molecule has 0 bridgehead atoms. The van der Waals surface area contributed by atoms with Gasteiger partial charge in [0, 0.05) is 25.0 Å². The van der Waals surface area contributed by atoms with E-state index in [1.807, 2.05) is 12.5 Å². The summed E-state index contributed by atoms with van der Waals surface area (Å²) in [5, 5.41) is 3.51. The molecule has 0 amide bonds. The normalized spacial score (nSPS) is 25.9. The molecule has 1 aliphatic rings. The Morgan fingerprint density at radius 2 is 2.44 bits per heavy atom. The van der Waals surface area contributed by atoms with Crippen LogP contribution in [0.25, 0.3) is 0 Å². The largest absolute Gasteiger partial charge is 0.334 e. The number of rotatable bonds is 4. The molecule has 2 heterocycles. The average molecular weight is 221 g/mol. The van der Waals surface area contributed by atoms with E-state index in [0.717, 1.165) is 19.5 Å². The number of aryl methyl sites for hydroxylation is 1. The molecule has 90 valence electrons. The van der Waals surface area contributed by atoms with Gasteiger partial charge in [0.1, 0.15) is 0 Å². The number of nitrogens with one attached hydrogen (secondary N) is 1. The maximum atomic E-state index is 4.28. The highest BCUT2D eigenvalue weighted by Crippen LogP contribution is 2.28. The zero-order valence-corrected chi connectivity index (χ0v) is 10.5. The molecule has 1 atom stereocenters. The molecule has 1 aromatic heterocycles. The maximum absolute atomic E-state index is 4.28. The summed E-state index contributed by atoms with van der Waals surface area (Å²) in [6.45, 7) is 8.03. The molecule has 16 heavy (non-hydrogen) atoms. The van der Waals surface area contributed by atoms with Crippen LogP contribution in [0.4, 0.5) is 0 Å². The van der Waals surface area contributed by atoms with Gasteiger partial charge in [0.25, 0.3) is 0 Å². The molecule has 1 N–H and O–H groups in total. The SMILES string of the molecule is CCCc1cncn1CC1(C)CCCNC1. The van der Waals surface area contributed by atoms with Crippen molar-refractivity contribution in [1.29, 1.82) is 0 Å². The molecule has 0 aromatic carbocycles. The Kier molecular flexibility index (Phi) is 3.64. The van der Waals surface area contributed by atoms with E-state index in [-0.39, 0.29) is 0 Å². The van der Waals surface area contributed by atoms with Gasteiger partial charge in [-0.3, -0.25) is 0 Å². The first-order valence-corrected chi connectivity index (χ1v) is 6.43. The number of hydrogen-bond acceptors (Lipinski definition) is 2. The average Bonchev–Trinajstić information content (AvgIpc) is 2.67. The Hall–Kier alpha value is -0.830. The van der Waals surface area contributed by atoms with Gasteiger partial charge in [0.2, 0.25) is 0 Å². The molecule has 2 rings (SSSR count). The van der Waals surface area contributed by atoms with Gasteiger partial charge in [0.05, 0.1) is 6.33 Å². The number of aromatic nitrogens is 2. The molecule has 1 aromatic rings. The van der Waals surface area contributed by atoms with Crippen LogP contribution in [0, 0.1) is 5.41 Å². The van der Waals surface area contributed by atoms with E-state index >= 15 is 0 Å². The van der Waals surface area contributed by atoms with Crippen molar-refractivity contribution in [1.82, 2.24) is 14.9 Å². The molecule has 0 spiro atoms. The second kappa shape index (κ2) is 5.00. The lowest BCUT2D eigenvalue weighted by Crippen LogP contribution is -2.40. The van der Waals surface area contributed by atoms with Crippen molar-refractivity contribution in [2.45, 2.75) is 46.1 Å². The van der Waals surface area contributed by atoms with E-state index in [0.29, 0.717) is 5.41 Å². The van der Waals surface area contributed by atoms with Gasteiger partial charge in [-0.2, -0.15) is 0 Å². The van der Waals surface area contributed by atoms with Crippen molar-refractivity contribution < 1.29 is 0 Å². The number of hydrogen-bond donors (Lipinski definition) is 1. The van der Waals surface area contributed by atoms with E-state index in [9.17, 15) is 0 Å². The van der Waals surface area contributed by atoms with Crippen molar-refractivity contribution >= 4 is 0 Å². The van der Waals surface area contributed by atoms with E-state index in [1.54, 1.807) is 0 Å². The number of imidazole rings is 1. The molecule has 3 nitrogen and oxygen atoms in total. The van der Waals surface area contributed by atoms with E-state index < -0.39 is 0 Å². The van der Waals surface area contributed by atoms with Crippen molar-refractivity contribution in [3.63, 3.8) is 0 Å². The monoisotopic (exact) mass is 221 g/mol. The third kappa shape index (κ3) is 2.64. The van der Waals surface area contributed by atoms with Crippen LogP contribution in [-0.2, 0) is 13.0 Å². The first-order chi connectivity index (χ1) is 7.73. The van der Waals surface area contributed by atoms with Crippen LogP contribution in [0.2, 0.25) is 0 Å². The molecule has 0 aliphatic carbocycles. The molecule has 3 heteroatoms. The second-order valence-corrected chi connectivity index (χ2v) is 5.35. The summed E-state index contributed by atoms with van der Waals surface area (Å²) in [6.07, 6.45) is 8.97. The zero-order valence-electron chi connectivity index (χ0n) is 10.5. The lowest BCUT2D eigenvalue weighted by Gasteiger charge is -2.34. The maximum Gasteiger partial charge on any atom is 0.0948 e. The smallest absolute Gasteiger partial charge is 0.0948 e. The minimum atomic E-state index is 0.404. The predicted octanol–water partition coefficient (Wildman–Crippen LogP) is 2.23. The van der Waals surface area contributed by atoms with E-state index in [2.05, 4.69) is 28.7 Å². The van der Waals surface area contributed by atoms with Crippen molar-refractivity contribution in [3.8, 4) is 0 Å². The van der Waals surface area contributed by atoms with Crippen LogP contribution in [0.15, 0.2) is 12.5 Å². The van der Waals surface area contributed by atoms with Gasteiger partial charge in [-0.15, -0.1) is 0 Å². The molecule has 1 unspecified atom stereocenters. The predicted molar refractivity (Wildman–Crippen MR) is 66.4 cm³/mol. The Morgan fingerprint density at radius 3 is 3.12 bits per heavy atom. The lowest BCUT2D eigenvalue weighted by atomic mass is 9.82. The highest BCUT2D eigenvalue weighted by atomic mass is 15.1. The minimum Gasteiger partial charge on any atom is -0.334 e. The minimum absolute atomic E-state index is 0.404. The van der Waals surface area contributed by atoms with Gasteiger partial charge in [0.15, 0.2) is 0 Å². The van der Waals surface area contributed by atoms with Crippen molar-refractivity contribution in [2.75, 3.05) is 13.1 Å². The highest BCUT2D eigenvalue weighted by Gasteiger charge is 2.27. The topological polar surface area (TPSA) is 29.9 Å². The Balaban J connectivity index is 2.04. The molecule has 1 saturated heterocycles. The van der Waals surface area contributed by atoms with Crippen molar-refractivity contribution in [2.24, 2.45) is 5.41 Å². The van der Waals surface area contributed by atoms with Gasteiger partial charge < -0.3 is 9.88 Å². The van der Waals surface area contributed by atoms with Crippen molar-refractivity contribution in [3.05, 3.63) is 18.2 Å². The molecular formula is C13H23N3.